The zero-order chi connectivity index (χ0) is 15.4. The third-order valence-corrected chi connectivity index (χ3v) is 3.33. The van der Waals surface area contributed by atoms with Crippen molar-refractivity contribution in [3.8, 4) is 0 Å². The van der Waals surface area contributed by atoms with Crippen LogP contribution in [0, 0.1) is 0 Å². The van der Waals surface area contributed by atoms with E-state index >= 15 is 0 Å². The number of nitrogens with zero attached hydrogens (tertiary/aromatic N) is 1. The molecule has 0 atom stereocenters. The Morgan fingerprint density at radius 3 is 2.38 bits per heavy atom. The predicted molar refractivity (Wildman–Crippen MR) is 80.7 cm³/mol. The molecule has 1 amide bonds. The zero-order valence-corrected chi connectivity index (χ0v) is 12.5. The number of aliphatic hydroxyl groups is 1. The van der Waals surface area contributed by atoms with Crippen molar-refractivity contribution >= 4 is 33.5 Å². The van der Waals surface area contributed by atoms with Crippen LogP contribution in [0.5, 0.6) is 0 Å². The number of amides is 1. The number of carbonyl (C=O) groups excluding carboxylic acids is 1. The molecule has 0 radical (unpaired) electrons. The number of anilines is 1. The molecular weight excluding hydrogens is 340 g/mol. The molecule has 110 valence electrons. The van der Waals surface area contributed by atoms with Gasteiger partial charge in [0.25, 0.3) is 5.91 Å². The first-order valence-electron chi connectivity index (χ1n) is 6.13. The summed E-state index contributed by atoms with van der Waals surface area (Å²) in [5.41, 5.74) is 1.03. The maximum Gasteiger partial charge on any atom is 0.335 e. The highest BCUT2D eigenvalue weighted by atomic mass is 79.9. The Bertz CT molecular complexity index is 651. The van der Waals surface area contributed by atoms with Crippen LogP contribution in [0.1, 0.15) is 20.8 Å². The van der Waals surface area contributed by atoms with Crippen LogP contribution in [-0.2, 0) is 0 Å². The van der Waals surface area contributed by atoms with Crippen molar-refractivity contribution < 1.29 is 19.8 Å². The number of aromatic amines is 1. The number of nitrogens with one attached hydrogen (secondary N) is 1. The summed E-state index contributed by atoms with van der Waals surface area (Å²) in [6.07, 6.45) is 1.64. The fourth-order valence-electron chi connectivity index (χ4n) is 1.87. The van der Waals surface area contributed by atoms with E-state index in [9.17, 15) is 9.59 Å². The van der Waals surface area contributed by atoms with Crippen LogP contribution in [0.4, 0.5) is 5.69 Å². The van der Waals surface area contributed by atoms with Gasteiger partial charge in [-0.05, 0) is 46.3 Å². The first kappa shape index (κ1) is 15.3. The summed E-state index contributed by atoms with van der Waals surface area (Å²) in [4.78, 5) is 27.5. The number of halogens is 1. The molecule has 0 bridgehead atoms. The maximum absolute atomic E-state index is 12.4. The second-order valence-corrected chi connectivity index (χ2v) is 5.18. The average Bonchev–Trinajstić information content (AvgIpc) is 2.91. The summed E-state index contributed by atoms with van der Waals surface area (Å²) in [6.45, 7) is -0.0871. The number of hydrogen-bond donors (Lipinski definition) is 3. The molecule has 1 aromatic heterocycles. The normalized spacial score (nSPS) is 10.4. The molecule has 0 saturated carbocycles. The lowest BCUT2D eigenvalue weighted by molar-refractivity contribution is 0.0696. The van der Waals surface area contributed by atoms with E-state index < -0.39 is 5.97 Å². The first-order chi connectivity index (χ1) is 10.0. The summed E-state index contributed by atoms with van der Waals surface area (Å²) in [7, 11) is 0. The molecule has 0 spiro atoms. The average molecular weight is 353 g/mol. The lowest BCUT2D eigenvalue weighted by Crippen LogP contribution is -2.33. The SMILES string of the molecule is O=C(O)c1ccc(N(CCO)C(=O)c2cc(Br)c[nH]2)cc1. The summed E-state index contributed by atoms with van der Waals surface area (Å²) in [6, 6.07) is 7.54. The smallest absolute Gasteiger partial charge is 0.335 e. The molecule has 21 heavy (non-hydrogen) atoms. The van der Waals surface area contributed by atoms with E-state index in [1.165, 1.54) is 29.2 Å². The fraction of sp³-hybridized carbons (Fsp3) is 0.143. The van der Waals surface area contributed by atoms with Gasteiger partial charge >= 0.3 is 5.97 Å². The number of carbonyl (C=O) groups is 2. The van der Waals surface area contributed by atoms with Crippen molar-refractivity contribution in [2.24, 2.45) is 0 Å². The number of aromatic carboxylic acids is 1. The highest BCUT2D eigenvalue weighted by Gasteiger charge is 2.19. The quantitative estimate of drug-likeness (QED) is 0.768. The van der Waals surface area contributed by atoms with Gasteiger partial charge in [-0.1, -0.05) is 0 Å². The monoisotopic (exact) mass is 352 g/mol. The molecule has 0 aliphatic heterocycles. The van der Waals surface area contributed by atoms with Crippen LogP contribution in [0.3, 0.4) is 0 Å². The Labute approximate surface area is 129 Å². The third-order valence-electron chi connectivity index (χ3n) is 2.87. The van der Waals surface area contributed by atoms with Gasteiger partial charge in [-0.25, -0.2) is 4.79 Å². The van der Waals surface area contributed by atoms with Crippen LogP contribution < -0.4 is 4.90 Å². The minimum absolute atomic E-state index is 0.113. The van der Waals surface area contributed by atoms with E-state index in [1.807, 2.05) is 0 Å². The molecule has 1 heterocycles. The predicted octanol–water partition coefficient (Wildman–Crippen LogP) is 2.11. The van der Waals surface area contributed by atoms with Crippen molar-refractivity contribution in [2.75, 3.05) is 18.1 Å². The summed E-state index contributed by atoms with van der Waals surface area (Å²) < 4.78 is 0.746. The standard InChI is InChI=1S/C14H13BrN2O4/c15-10-7-12(16-8-10)13(19)17(5-6-18)11-3-1-9(2-4-11)14(20)21/h1-4,7-8,16,18H,5-6H2,(H,20,21). The Hall–Kier alpha value is -2.12. The van der Waals surface area contributed by atoms with Crippen LogP contribution in [0.2, 0.25) is 0 Å². The molecule has 0 saturated heterocycles. The van der Waals surface area contributed by atoms with Gasteiger partial charge in [0, 0.05) is 22.9 Å². The number of rotatable bonds is 5. The zero-order valence-electron chi connectivity index (χ0n) is 10.9. The second-order valence-electron chi connectivity index (χ2n) is 4.26. The Morgan fingerprint density at radius 1 is 1.24 bits per heavy atom. The molecule has 2 rings (SSSR count). The van der Waals surface area contributed by atoms with Crippen molar-refractivity contribution in [1.29, 1.82) is 0 Å². The van der Waals surface area contributed by atoms with Crippen LogP contribution in [0.15, 0.2) is 41.0 Å². The fourth-order valence-corrected chi connectivity index (χ4v) is 2.21. The molecule has 6 nitrogen and oxygen atoms in total. The molecular formula is C14H13BrN2O4. The van der Waals surface area contributed by atoms with Crippen LogP contribution >= 0.6 is 15.9 Å². The number of hydrogen-bond acceptors (Lipinski definition) is 3. The second kappa shape index (κ2) is 6.55. The number of H-pyrrole nitrogens is 1. The lowest BCUT2D eigenvalue weighted by Gasteiger charge is -2.21. The van der Waals surface area contributed by atoms with Gasteiger partial charge in [-0.2, -0.15) is 0 Å². The summed E-state index contributed by atoms with van der Waals surface area (Å²) in [5, 5.41) is 18.0. The molecule has 0 aliphatic carbocycles. The molecule has 0 aliphatic rings. The molecule has 0 fully saturated rings. The highest BCUT2D eigenvalue weighted by Crippen LogP contribution is 2.19. The lowest BCUT2D eigenvalue weighted by atomic mass is 10.2. The minimum atomic E-state index is -1.03. The van der Waals surface area contributed by atoms with Crippen LogP contribution in [-0.4, -0.2) is 40.2 Å². The van der Waals surface area contributed by atoms with Gasteiger partial charge in [0.05, 0.1) is 12.2 Å². The number of carboxylic acids is 1. The molecule has 3 N–H and O–H groups in total. The molecule has 1 aromatic carbocycles. The Balaban J connectivity index is 2.29. The van der Waals surface area contributed by atoms with E-state index in [2.05, 4.69) is 20.9 Å². The third kappa shape index (κ3) is 3.50. The van der Waals surface area contributed by atoms with E-state index in [4.69, 9.17) is 10.2 Å². The van der Waals surface area contributed by atoms with Gasteiger partial charge in [-0.3, -0.25) is 4.79 Å². The van der Waals surface area contributed by atoms with E-state index in [0.29, 0.717) is 11.4 Å². The van der Waals surface area contributed by atoms with Gasteiger partial charge in [0.2, 0.25) is 0 Å². The summed E-state index contributed by atoms with van der Waals surface area (Å²) in [5.74, 6) is -1.34. The van der Waals surface area contributed by atoms with Crippen molar-refractivity contribution in [2.45, 2.75) is 0 Å². The van der Waals surface area contributed by atoms with E-state index in [1.54, 1.807) is 12.3 Å². The molecule has 0 unspecified atom stereocenters. The minimum Gasteiger partial charge on any atom is -0.478 e. The number of carboxylic acid groups (broad SMARTS) is 1. The van der Waals surface area contributed by atoms with Gasteiger partial charge in [0.1, 0.15) is 5.69 Å². The maximum atomic E-state index is 12.4. The Kier molecular flexibility index (Phi) is 4.77. The van der Waals surface area contributed by atoms with E-state index in [0.717, 1.165) is 4.47 Å². The van der Waals surface area contributed by atoms with Gasteiger partial charge in [0.15, 0.2) is 0 Å². The van der Waals surface area contributed by atoms with Crippen molar-refractivity contribution in [3.63, 3.8) is 0 Å². The number of benzene rings is 1. The first-order valence-corrected chi connectivity index (χ1v) is 6.92. The van der Waals surface area contributed by atoms with Crippen molar-refractivity contribution in [3.05, 3.63) is 52.3 Å². The highest BCUT2D eigenvalue weighted by molar-refractivity contribution is 9.10. The van der Waals surface area contributed by atoms with E-state index in [-0.39, 0.29) is 24.6 Å². The van der Waals surface area contributed by atoms with Gasteiger partial charge in [-0.15, -0.1) is 0 Å². The molecule has 7 heteroatoms. The number of aromatic nitrogens is 1. The summed E-state index contributed by atoms with van der Waals surface area (Å²) >= 11 is 3.25. The largest absolute Gasteiger partial charge is 0.478 e. The Morgan fingerprint density at radius 2 is 1.90 bits per heavy atom. The van der Waals surface area contributed by atoms with Gasteiger partial charge < -0.3 is 20.1 Å². The van der Waals surface area contributed by atoms with Crippen molar-refractivity contribution in [1.82, 2.24) is 4.98 Å². The molecule has 2 aromatic rings. The number of aliphatic hydroxyl groups excluding tert-OH is 1. The topological polar surface area (TPSA) is 93.6 Å². The van der Waals surface area contributed by atoms with Crippen LogP contribution in [0.25, 0.3) is 0 Å².